The zero-order chi connectivity index (χ0) is 12.1. The number of rotatable bonds is 3. The summed E-state index contributed by atoms with van der Waals surface area (Å²) in [5, 5.41) is 0. The highest BCUT2D eigenvalue weighted by Gasteiger charge is 2.27. The number of carbonyl (C=O) groups is 1. The minimum absolute atomic E-state index is 0.0450. The Morgan fingerprint density at radius 1 is 1.29 bits per heavy atom. The fraction of sp³-hybridized carbons (Fsp3) is 0.538. The summed E-state index contributed by atoms with van der Waals surface area (Å²) in [4.78, 5) is 15.5. The van der Waals surface area contributed by atoms with Crippen LogP contribution in [0.3, 0.4) is 0 Å². The van der Waals surface area contributed by atoms with Gasteiger partial charge in [-0.15, -0.1) is 0 Å². The molecule has 92 valence electrons. The number of pyridine rings is 1. The standard InChI is InChI=1S/C13H17NO3/c1-16-13(15)10-5-7-11(8-6-10)17-12-4-2-3-9-14-12/h2-4,9-11H,5-8H2,1H3/t10-,11+. The maximum absolute atomic E-state index is 11.4. The molecular weight excluding hydrogens is 218 g/mol. The van der Waals surface area contributed by atoms with Gasteiger partial charge in [-0.05, 0) is 31.7 Å². The summed E-state index contributed by atoms with van der Waals surface area (Å²) < 4.78 is 10.5. The molecule has 1 aromatic rings. The van der Waals surface area contributed by atoms with Gasteiger partial charge in [-0.1, -0.05) is 6.07 Å². The molecule has 0 saturated heterocycles. The molecule has 4 heteroatoms. The molecule has 0 spiro atoms. The van der Waals surface area contributed by atoms with Gasteiger partial charge in [0.25, 0.3) is 0 Å². The summed E-state index contributed by atoms with van der Waals surface area (Å²) in [6.45, 7) is 0. The number of nitrogens with zero attached hydrogens (tertiary/aromatic N) is 1. The van der Waals surface area contributed by atoms with Gasteiger partial charge in [0, 0.05) is 12.3 Å². The van der Waals surface area contributed by atoms with Crippen LogP contribution in [0.15, 0.2) is 24.4 Å². The first-order valence-corrected chi connectivity index (χ1v) is 5.95. The highest BCUT2D eigenvalue weighted by molar-refractivity contribution is 5.72. The third-order valence-corrected chi connectivity index (χ3v) is 3.13. The smallest absolute Gasteiger partial charge is 0.308 e. The van der Waals surface area contributed by atoms with E-state index in [0.717, 1.165) is 25.7 Å². The van der Waals surface area contributed by atoms with Crippen LogP contribution in [-0.4, -0.2) is 24.2 Å². The van der Waals surface area contributed by atoms with Crippen molar-refractivity contribution in [3.8, 4) is 5.88 Å². The molecule has 0 amide bonds. The van der Waals surface area contributed by atoms with Crippen LogP contribution in [0.1, 0.15) is 25.7 Å². The van der Waals surface area contributed by atoms with Crippen LogP contribution >= 0.6 is 0 Å². The second-order valence-corrected chi connectivity index (χ2v) is 4.28. The lowest BCUT2D eigenvalue weighted by atomic mass is 9.87. The van der Waals surface area contributed by atoms with Crippen LogP contribution < -0.4 is 4.74 Å². The van der Waals surface area contributed by atoms with E-state index in [1.54, 1.807) is 6.20 Å². The zero-order valence-electron chi connectivity index (χ0n) is 9.96. The number of methoxy groups -OCH3 is 1. The van der Waals surface area contributed by atoms with Gasteiger partial charge >= 0.3 is 5.97 Å². The second-order valence-electron chi connectivity index (χ2n) is 4.28. The van der Waals surface area contributed by atoms with E-state index in [2.05, 4.69) is 4.98 Å². The SMILES string of the molecule is COC(=O)[C@H]1CC[C@@H](Oc2ccccn2)CC1. The van der Waals surface area contributed by atoms with Gasteiger partial charge in [0.1, 0.15) is 6.10 Å². The van der Waals surface area contributed by atoms with Gasteiger partial charge in [0.05, 0.1) is 13.0 Å². The number of aromatic nitrogens is 1. The summed E-state index contributed by atoms with van der Waals surface area (Å²) in [5.74, 6) is 0.610. The molecule has 2 rings (SSSR count). The van der Waals surface area contributed by atoms with Crippen LogP contribution in [0.25, 0.3) is 0 Å². The Bertz CT molecular complexity index is 358. The van der Waals surface area contributed by atoms with E-state index in [1.165, 1.54) is 7.11 Å². The molecule has 1 fully saturated rings. The molecular formula is C13H17NO3. The molecule has 0 N–H and O–H groups in total. The summed E-state index contributed by atoms with van der Waals surface area (Å²) >= 11 is 0. The maximum Gasteiger partial charge on any atom is 0.308 e. The number of carbonyl (C=O) groups excluding carboxylic acids is 1. The largest absolute Gasteiger partial charge is 0.474 e. The monoisotopic (exact) mass is 235 g/mol. The predicted molar refractivity (Wildman–Crippen MR) is 62.6 cm³/mol. The molecule has 0 bridgehead atoms. The first-order valence-electron chi connectivity index (χ1n) is 5.95. The molecule has 0 radical (unpaired) electrons. The minimum atomic E-state index is -0.0960. The Hall–Kier alpha value is -1.58. The minimum Gasteiger partial charge on any atom is -0.474 e. The van der Waals surface area contributed by atoms with E-state index in [1.807, 2.05) is 18.2 Å². The molecule has 4 nitrogen and oxygen atoms in total. The molecule has 0 unspecified atom stereocenters. The Labute approximate surface area is 101 Å². The summed E-state index contributed by atoms with van der Waals surface area (Å²) in [6.07, 6.45) is 5.34. The number of ether oxygens (including phenoxy) is 2. The predicted octanol–water partition coefficient (Wildman–Crippen LogP) is 2.19. The molecule has 0 aliphatic heterocycles. The molecule has 0 aromatic carbocycles. The highest BCUT2D eigenvalue weighted by atomic mass is 16.5. The fourth-order valence-corrected chi connectivity index (χ4v) is 2.17. The van der Waals surface area contributed by atoms with Crippen molar-refractivity contribution in [2.45, 2.75) is 31.8 Å². The first-order chi connectivity index (χ1) is 8.29. The van der Waals surface area contributed by atoms with Gasteiger partial charge in [-0.2, -0.15) is 0 Å². The van der Waals surface area contributed by atoms with Gasteiger partial charge in [0.15, 0.2) is 0 Å². The highest BCUT2D eigenvalue weighted by Crippen LogP contribution is 2.27. The van der Waals surface area contributed by atoms with Crippen molar-refractivity contribution < 1.29 is 14.3 Å². The van der Waals surface area contributed by atoms with E-state index in [9.17, 15) is 4.79 Å². The van der Waals surface area contributed by atoms with Gasteiger partial charge < -0.3 is 9.47 Å². The molecule has 1 aliphatic rings. The molecule has 1 heterocycles. The molecule has 17 heavy (non-hydrogen) atoms. The van der Waals surface area contributed by atoms with Crippen LogP contribution in [0.4, 0.5) is 0 Å². The Balaban J connectivity index is 1.82. The van der Waals surface area contributed by atoms with Crippen LogP contribution in [-0.2, 0) is 9.53 Å². The molecule has 0 atom stereocenters. The Morgan fingerprint density at radius 2 is 2.06 bits per heavy atom. The molecule has 1 aliphatic carbocycles. The molecule has 1 aromatic heterocycles. The van der Waals surface area contributed by atoms with Gasteiger partial charge in [0.2, 0.25) is 5.88 Å². The van der Waals surface area contributed by atoms with E-state index in [-0.39, 0.29) is 18.0 Å². The van der Waals surface area contributed by atoms with Crippen LogP contribution in [0.2, 0.25) is 0 Å². The summed E-state index contributed by atoms with van der Waals surface area (Å²) in [5.41, 5.74) is 0. The first kappa shape index (κ1) is 11.9. The lowest BCUT2D eigenvalue weighted by Gasteiger charge is -2.26. The van der Waals surface area contributed by atoms with Crippen LogP contribution in [0.5, 0.6) is 5.88 Å². The van der Waals surface area contributed by atoms with Crippen molar-refractivity contribution >= 4 is 5.97 Å². The lowest BCUT2D eigenvalue weighted by molar-refractivity contribution is -0.147. The maximum atomic E-state index is 11.4. The fourth-order valence-electron chi connectivity index (χ4n) is 2.17. The normalized spacial score (nSPS) is 24.1. The van der Waals surface area contributed by atoms with Gasteiger partial charge in [-0.25, -0.2) is 4.98 Å². The van der Waals surface area contributed by atoms with Crippen molar-refractivity contribution in [2.24, 2.45) is 5.92 Å². The van der Waals surface area contributed by atoms with Crippen LogP contribution in [0, 0.1) is 5.92 Å². The third kappa shape index (κ3) is 3.19. The average Bonchev–Trinajstić information content (AvgIpc) is 2.40. The number of hydrogen-bond acceptors (Lipinski definition) is 4. The zero-order valence-corrected chi connectivity index (χ0v) is 9.96. The van der Waals surface area contributed by atoms with Crippen molar-refractivity contribution in [2.75, 3.05) is 7.11 Å². The topological polar surface area (TPSA) is 48.4 Å². The van der Waals surface area contributed by atoms with E-state index < -0.39 is 0 Å². The third-order valence-electron chi connectivity index (χ3n) is 3.13. The van der Waals surface area contributed by atoms with E-state index >= 15 is 0 Å². The second kappa shape index (κ2) is 5.66. The van der Waals surface area contributed by atoms with Crippen molar-refractivity contribution in [3.63, 3.8) is 0 Å². The van der Waals surface area contributed by atoms with Crippen molar-refractivity contribution in [3.05, 3.63) is 24.4 Å². The summed E-state index contributed by atoms with van der Waals surface area (Å²) in [6, 6.07) is 5.62. The van der Waals surface area contributed by atoms with E-state index in [4.69, 9.17) is 9.47 Å². The van der Waals surface area contributed by atoms with Gasteiger partial charge in [-0.3, -0.25) is 4.79 Å². The summed E-state index contributed by atoms with van der Waals surface area (Å²) in [7, 11) is 1.44. The van der Waals surface area contributed by atoms with Crippen molar-refractivity contribution in [1.82, 2.24) is 4.98 Å². The van der Waals surface area contributed by atoms with Crippen molar-refractivity contribution in [1.29, 1.82) is 0 Å². The Morgan fingerprint density at radius 3 is 2.65 bits per heavy atom. The quantitative estimate of drug-likeness (QED) is 0.753. The molecule has 1 saturated carbocycles. The number of hydrogen-bond donors (Lipinski definition) is 0. The number of esters is 1. The lowest BCUT2D eigenvalue weighted by Crippen LogP contribution is -2.28. The average molecular weight is 235 g/mol. The van der Waals surface area contributed by atoms with E-state index in [0.29, 0.717) is 5.88 Å². The Kier molecular flexibility index (Phi) is 3.96.